The first kappa shape index (κ1) is 22.0. The van der Waals surface area contributed by atoms with Crippen molar-refractivity contribution in [1.82, 2.24) is 20.2 Å². The van der Waals surface area contributed by atoms with Gasteiger partial charge in [-0.2, -0.15) is 5.01 Å². The van der Waals surface area contributed by atoms with Crippen LogP contribution < -0.4 is 10.1 Å². The highest BCUT2D eigenvalue weighted by molar-refractivity contribution is 6.39. The van der Waals surface area contributed by atoms with Crippen molar-refractivity contribution >= 4 is 11.6 Å². The van der Waals surface area contributed by atoms with Gasteiger partial charge in [-0.15, -0.1) is 0 Å². The molecule has 1 amide bonds. The van der Waals surface area contributed by atoms with Crippen LogP contribution in [0.3, 0.4) is 0 Å². The second kappa shape index (κ2) is 9.42. The van der Waals surface area contributed by atoms with E-state index in [0.717, 1.165) is 24.7 Å². The topological polar surface area (TPSA) is 60.4 Å². The molecule has 164 valence electrons. The second-order valence-corrected chi connectivity index (χ2v) is 7.95. The number of ether oxygens (including phenoxy) is 1. The fourth-order valence-corrected chi connectivity index (χ4v) is 3.49. The van der Waals surface area contributed by atoms with Gasteiger partial charge in [0.15, 0.2) is 17.8 Å². The second-order valence-electron chi connectivity index (χ2n) is 7.95. The molecule has 1 saturated heterocycles. The molecule has 1 N–H and O–H groups in total. The van der Waals surface area contributed by atoms with Gasteiger partial charge in [0.25, 0.3) is 5.91 Å². The average Bonchev–Trinajstić information content (AvgIpc) is 2.70. The maximum absolute atomic E-state index is 14.2. The number of amides is 1. The number of hydrogen-bond donors (Lipinski definition) is 1. The van der Waals surface area contributed by atoms with E-state index >= 15 is 0 Å². The molecule has 2 aliphatic heterocycles. The zero-order valence-corrected chi connectivity index (χ0v) is 17.9. The molecule has 2 aliphatic rings. The number of hydrogen-bond acceptors (Lipinski definition) is 6. The third kappa shape index (κ3) is 5.08. The number of nitrogens with one attached hydrogen (secondary N) is 1. The van der Waals surface area contributed by atoms with Crippen molar-refractivity contribution < 1.29 is 18.3 Å². The summed E-state index contributed by atoms with van der Waals surface area (Å²) in [6.07, 6.45) is 3.72. The maximum Gasteiger partial charge on any atom is 0.269 e. The Balaban J connectivity index is 1.87. The molecule has 0 aliphatic carbocycles. The summed E-state index contributed by atoms with van der Waals surface area (Å²) in [4.78, 5) is 18.3. The van der Waals surface area contributed by atoms with E-state index < -0.39 is 17.9 Å². The van der Waals surface area contributed by atoms with Crippen LogP contribution in [0.4, 0.5) is 8.78 Å². The highest BCUT2D eigenvalue weighted by Crippen LogP contribution is 2.27. The number of hydrazine groups is 1. The van der Waals surface area contributed by atoms with Crippen molar-refractivity contribution in [3.63, 3.8) is 0 Å². The molecule has 1 aromatic carbocycles. The summed E-state index contributed by atoms with van der Waals surface area (Å²) in [5.41, 5.74) is 0.409. The first-order valence-corrected chi connectivity index (χ1v) is 10.2. The molecule has 30 heavy (non-hydrogen) atoms. The van der Waals surface area contributed by atoms with E-state index in [1.165, 1.54) is 17.0 Å². The number of benzene rings is 1. The van der Waals surface area contributed by atoms with Crippen LogP contribution in [-0.2, 0) is 4.79 Å². The molecular weight excluding hydrogens is 392 g/mol. The van der Waals surface area contributed by atoms with Gasteiger partial charge < -0.3 is 15.0 Å². The Morgan fingerprint density at radius 2 is 2.07 bits per heavy atom. The minimum absolute atomic E-state index is 0.00548. The Kier molecular flexibility index (Phi) is 6.91. The lowest BCUT2D eigenvalue weighted by atomic mass is 10.1. The number of carbonyl (C=O) groups excluding carboxylic acids is 1. The lowest BCUT2D eigenvalue weighted by molar-refractivity contribution is -0.130. The Labute approximate surface area is 176 Å². The van der Waals surface area contributed by atoms with E-state index in [1.54, 1.807) is 20.3 Å². The molecule has 3 rings (SSSR count). The average molecular weight is 421 g/mol. The van der Waals surface area contributed by atoms with Crippen LogP contribution in [0, 0.1) is 11.6 Å². The van der Waals surface area contributed by atoms with Crippen molar-refractivity contribution in [3.05, 3.63) is 41.9 Å². The zero-order chi connectivity index (χ0) is 21.8. The SMILES string of the molecule is CC(C)NC1=CN=C(C(=O)N(C)C)CN1N1CCCCC1Oc1ccc(F)cc1F. The highest BCUT2D eigenvalue weighted by Gasteiger charge is 2.34. The lowest BCUT2D eigenvalue weighted by Crippen LogP contribution is -2.58. The molecule has 1 atom stereocenters. The van der Waals surface area contributed by atoms with E-state index in [-0.39, 0.29) is 24.2 Å². The van der Waals surface area contributed by atoms with Crippen molar-refractivity contribution in [2.75, 3.05) is 27.2 Å². The molecule has 1 aromatic rings. The molecule has 0 spiro atoms. The van der Waals surface area contributed by atoms with Gasteiger partial charge >= 0.3 is 0 Å². The van der Waals surface area contributed by atoms with Gasteiger partial charge in [0.1, 0.15) is 17.3 Å². The van der Waals surface area contributed by atoms with Crippen LogP contribution in [0.25, 0.3) is 0 Å². The number of halogens is 2. The Morgan fingerprint density at radius 3 is 2.73 bits per heavy atom. The number of nitrogens with zero attached hydrogens (tertiary/aromatic N) is 4. The third-order valence-electron chi connectivity index (χ3n) is 4.90. The van der Waals surface area contributed by atoms with E-state index in [0.29, 0.717) is 18.7 Å². The summed E-state index contributed by atoms with van der Waals surface area (Å²) in [5, 5.41) is 7.29. The van der Waals surface area contributed by atoms with Crippen LogP contribution in [0.2, 0.25) is 0 Å². The van der Waals surface area contributed by atoms with Crippen LogP contribution >= 0.6 is 0 Å². The van der Waals surface area contributed by atoms with Gasteiger partial charge in [-0.05, 0) is 45.2 Å². The number of carbonyl (C=O) groups is 1. The van der Waals surface area contributed by atoms with Crippen molar-refractivity contribution in [2.24, 2.45) is 4.99 Å². The van der Waals surface area contributed by atoms with E-state index in [9.17, 15) is 13.6 Å². The largest absolute Gasteiger partial charge is 0.470 e. The summed E-state index contributed by atoms with van der Waals surface area (Å²) in [6.45, 7) is 4.98. The van der Waals surface area contributed by atoms with E-state index in [4.69, 9.17) is 4.74 Å². The number of piperidine rings is 1. The molecule has 9 heteroatoms. The predicted molar refractivity (Wildman–Crippen MR) is 111 cm³/mol. The normalized spacial score (nSPS) is 20.0. The van der Waals surface area contributed by atoms with Gasteiger partial charge in [0.05, 0.1) is 12.7 Å². The highest BCUT2D eigenvalue weighted by atomic mass is 19.1. The third-order valence-corrected chi connectivity index (χ3v) is 4.90. The quantitative estimate of drug-likeness (QED) is 0.766. The minimum atomic E-state index is -0.736. The molecule has 7 nitrogen and oxygen atoms in total. The number of rotatable bonds is 6. The van der Waals surface area contributed by atoms with E-state index in [1.807, 2.05) is 23.9 Å². The monoisotopic (exact) mass is 421 g/mol. The smallest absolute Gasteiger partial charge is 0.269 e. The van der Waals surface area contributed by atoms with Gasteiger partial charge in [0.2, 0.25) is 0 Å². The van der Waals surface area contributed by atoms with Crippen LogP contribution in [0.15, 0.2) is 35.2 Å². The number of aliphatic imine (C=N–C) groups is 1. The van der Waals surface area contributed by atoms with Crippen molar-refractivity contribution in [3.8, 4) is 5.75 Å². The van der Waals surface area contributed by atoms with Gasteiger partial charge in [-0.25, -0.2) is 13.8 Å². The van der Waals surface area contributed by atoms with Crippen molar-refractivity contribution in [2.45, 2.75) is 45.4 Å². The summed E-state index contributed by atoms with van der Waals surface area (Å²) < 4.78 is 33.4. The Hall–Kier alpha value is -2.68. The molecule has 0 bridgehead atoms. The standard InChI is InChI=1S/C21H29F2N5O2/c1-14(2)25-19-12-24-17(21(29)26(3)4)13-28(19)27-10-6-5-7-20(27)30-18-9-8-15(22)11-16(18)23/h8-9,11-12,14,20,25H,5-7,10,13H2,1-4H3. The molecule has 0 radical (unpaired) electrons. The molecule has 1 unspecified atom stereocenters. The fraction of sp³-hybridized carbons (Fsp3) is 0.524. The minimum Gasteiger partial charge on any atom is -0.470 e. The summed E-state index contributed by atoms with van der Waals surface area (Å²) in [6, 6.07) is 3.45. The summed E-state index contributed by atoms with van der Waals surface area (Å²) in [7, 11) is 3.37. The fourth-order valence-electron chi connectivity index (χ4n) is 3.49. The van der Waals surface area contributed by atoms with Crippen LogP contribution in [-0.4, -0.2) is 66.0 Å². The maximum atomic E-state index is 14.2. The first-order valence-electron chi connectivity index (χ1n) is 10.2. The Morgan fingerprint density at radius 1 is 1.30 bits per heavy atom. The van der Waals surface area contributed by atoms with Gasteiger partial charge in [-0.3, -0.25) is 9.80 Å². The van der Waals surface area contributed by atoms with Gasteiger partial charge in [-0.1, -0.05) is 0 Å². The summed E-state index contributed by atoms with van der Waals surface area (Å²) >= 11 is 0. The van der Waals surface area contributed by atoms with E-state index in [2.05, 4.69) is 10.3 Å². The van der Waals surface area contributed by atoms with Gasteiger partial charge in [0, 0.05) is 32.7 Å². The molecule has 2 heterocycles. The molecule has 1 fully saturated rings. The zero-order valence-electron chi connectivity index (χ0n) is 17.9. The van der Waals surface area contributed by atoms with Crippen molar-refractivity contribution in [1.29, 1.82) is 0 Å². The Bertz CT molecular complexity index is 841. The lowest BCUT2D eigenvalue weighted by Gasteiger charge is -2.45. The predicted octanol–water partition coefficient (Wildman–Crippen LogP) is 2.71. The van der Waals surface area contributed by atoms with Crippen LogP contribution in [0.1, 0.15) is 33.1 Å². The molecular formula is C21H29F2N5O2. The van der Waals surface area contributed by atoms with Crippen LogP contribution in [0.5, 0.6) is 5.75 Å². The first-order chi connectivity index (χ1) is 14.3. The summed E-state index contributed by atoms with van der Waals surface area (Å²) in [5.74, 6) is -0.800. The molecule has 0 saturated carbocycles. The molecule has 0 aromatic heterocycles.